The lowest BCUT2D eigenvalue weighted by atomic mass is 10.1. The molecule has 20 heavy (non-hydrogen) atoms. The Kier molecular flexibility index (Phi) is 3.13. The van der Waals surface area contributed by atoms with Crippen LogP contribution in [0.4, 0.5) is 5.82 Å². The summed E-state index contributed by atoms with van der Waals surface area (Å²) in [6.45, 7) is 0.887. The van der Waals surface area contributed by atoms with E-state index in [-0.39, 0.29) is 12.4 Å². The van der Waals surface area contributed by atoms with Gasteiger partial charge in [-0.05, 0) is 17.7 Å². The maximum absolute atomic E-state index is 11.8. The van der Waals surface area contributed by atoms with Crippen molar-refractivity contribution >= 4 is 21.7 Å². The third-order valence-electron chi connectivity index (χ3n) is 3.22. The lowest BCUT2D eigenvalue weighted by molar-refractivity contribution is 0.352. The first-order valence-corrected chi connectivity index (χ1v) is 6.87. The number of nitrogens with zero attached hydrogens (tertiary/aromatic N) is 1. The fourth-order valence-electron chi connectivity index (χ4n) is 2.34. The molecule has 0 bridgehead atoms. The number of anilines is 1. The summed E-state index contributed by atoms with van der Waals surface area (Å²) in [5.41, 5.74) is 6.67. The minimum Gasteiger partial charge on any atom is -0.493 e. The Bertz CT molecular complexity index is 794. The van der Waals surface area contributed by atoms with Gasteiger partial charge in [-0.3, -0.25) is 14.3 Å². The maximum Gasteiger partial charge on any atom is 0.330 e. The van der Waals surface area contributed by atoms with E-state index in [9.17, 15) is 9.59 Å². The maximum atomic E-state index is 11.8. The molecule has 1 aromatic carbocycles. The second-order valence-corrected chi connectivity index (χ2v) is 5.52. The van der Waals surface area contributed by atoms with Gasteiger partial charge in [-0.1, -0.05) is 15.9 Å². The molecule has 0 fully saturated rings. The number of ether oxygens (including phenoxy) is 1. The highest BCUT2D eigenvalue weighted by atomic mass is 79.9. The predicted molar refractivity (Wildman–Crippen MR) is 78.2 cm³/mol. The van der Waals surface area contributed by atoms with E-state index in [0.29, 0.717) is 6.61 Å². The molecular weight excluding hydrogens is 326 g/mol. The number of nitrogens with two attached hydrogens (primary N) is 1. The third kappa shape index (κ3) is 2.24. The molecule has 0 aliphatic carbocycles. The summed E-state index contributed by atoms with van der Waals surface area (Å²) in [6, 6.07) is 5.09. The molecule has 3 N–H and O–H groups in total. The van der Waals surface area contributed by atoms with Crippen LogP contribution in [-0.2, 0) is 13.0 Å². The Balaban J connectivity index is 2.09. The van der Waals surface area contributed by atoms with Gasteiger partial charge in [0.2, 0.25) is 0 Å². The van der Waals surface area contributed by atoms with Crippen LogP contribution in [0.15, 0.2) is 32.3 Å². The van der Waals surface area contributed by atoms with Crippen molar-refractivity contribution in [1.82, 2.24) is 9.55 Å². The van der Waals surface area contributed by atoms with Crippen LogP contribution in [0.2, 0.25) is 0 Å². The van der Waals surface area contributed by atoms with Gasteiger partial charge in [0.25, 0.3) is 5.56 Å². The number of nitrogen functional groups attached to an aromatic ring is 1. The number of aromatic amines is 1. The molecule has 1 aliphatic heterocycles. The van der Waals surface area contributed by atoms with E-state index in [1.165, 1.54) is 10.6 Å². The summed E-state index contributed by atoms with van der Waals surface area (Å²) in [7, 11) is 0. The first-order valence-electron chi connectivity index (χ1n) is 6.08. The van der Waals surface area contributed by atoms with Crippen molar-refractivity contribution in [3.63, 3.8) is 0 Å². The van der Waals surface area contributed by atoms with E-state index in [1.807, 2.05) is 12.1 Å². The predicted octanol–water partition coefficient (Wildman–Crippen LogP) is 0.864. The fraction of sp³-hybridized carbons (Fsp3) is 0.231. The molecule has 0 atom stereocenters. The average molecular weight is 338 g/mol. The summed E-state index contributed by atoms with van der Waals surface area (Å²) >= 11 is 3.45. The number of rotatable bonds is 2. The Morgan fingerprint density at radius 1 is 1.35 bits per heavy atom. The van der Waals surface area contributed by atoms with Gasteiger partial charge in [0.05, 0.1) is 13.2 Å². The van der Waals surface area contributed by atoms with Gasteiger partial charge in [-0.15, -0.1) is 0 Å². The summed E-state index contributed by atoms with van der Waals surface area (Å²) in [5, 5.41) is 0. The standard InChI is InChI=1S/C13H12BrN3O3/c14-9-3-7-1-2-20-12(7)8(4-9)6-17-10(15)5-11(18)16-13(17)19/h3-5H,1-2,6,15H2,(H,16,18,19). The average Bonchev–Trinajstić information content (AvgIpc) is 2.81. The second kappa shape index (κ2) is 4.82. The molecular formula is C13H12BrN3O3. The van der Waals surface area contributed by atoms with E-state index in [2.05, 4.69) is 20.9 Å². The molecule has 0 spiro atoms. The van der Waals surface area contributed by atoms with E-state index in [1.54, 1.807) is 0 Å². The van der Waals surface area contributed by atoms with Crippen molar-refractivity contribution < 1.29 is 4.74 Å². The molecule has 2 heterocycles. The zero-order valence-electron chi connectivity index (χ0n) is 10.5. The van der Waals surface area contributed by atoms with Crippen molar-refractivity contribution in [2.45, 2.75) is 13.0 Å². The molecule has 1 aromatic heterocycles. The van der Waals surface area contributed by atoms with Gasteiger partial charge < -0.3 is 10.5 Å². The van der Waals surface area contributed by atoms with E-state index >= 15 is 0 Å². The Morgan fingerprint density at radius 2 is 2.15 bits per heavy atom. The summed E-state index contributed by atoms with van der Waals surface area (Å²) in [4.78, 5) is 25.2. The monoisotopic (exact) mass is 337 g/mol. The van der Waals surface area contributed by atoms with Crippen molar-refractivity contribution in [2.24, 2.45) is 0 Å². The van der Waals surface area contributed by atoms with E-state index in [0.717, 1.165) is 27.8 Å². The fourth-order valence-corrected chi connectivity index (χ4v) is 2.89. The minimum absolute atomic E-state index is 0.130. The highest BCUT2D eigenvalue weighted by Gasteiger charge is 2.18. The molecule has 0 saturated heterocycles. The number of nitrogens with one attached hydrogen (secondary N) is 1. The molecule has 0 saturated carbocycles. The molecule has 1 aliphatic rings. The topological polar surface area (TPSA) is 90.1 Å². The molecule has 2 aromatic rings. The smallest absolute Gasteiger partial charge is 0.330 e. The number of hydrogen-bond acceptors (Lipinski definition) is 4. The number of fused-ring (bicyclic) bond motifs is 1. The van der Waals surface area contributed by atoms with Crippen LogP contribution >= 0.6 is 15.9 Å². The lowest BCUT2D eigenvalue weighted by Gasteiger charge is -2.12. The van der Waals surface area contributed by atoms with E-state index < -0.39 is 11.2 Å². The van der Waals surface area contributed by atoms with Gasteiger partial charge in [0.1, 0.15) is 11.6 Å². The van der Waals surface area contributed by atoms with Crippen molar-refractivity contribution in [3.05, 3.63) is 54.6 Å². The molecule has 6 nitrogen and oxygen atoms in total. The van der Waals surface area contributed by atoms with Crippen LogP contribution in [0.3, 0.4) is 0 Å². The SMILES string of the molecule is Nc1cc(=O)[nH]c(=O)n1Cc1cc(Br)cc2c1OCC2. The van der Waals surface area contributed by atoms with Crippen molar-refractivity contribution in [1.29, 1.82) is 0 Å². The zero-order valence-corrected chi connectivity index (χ0v) is 12.1. The highest BCUT2D eigenvalue weighted by Crippen LogP contribution is 2.33. The van der Waals surface area contributed by atoms with Gasteiger partial charge in [0.15, 0.2) is 0 Å². The second-order valence-electron chi connectivity index (χ2n) is 4.60. The first kappa shape index (κ1) is 13.0. The normalized spacial score (nSPS) is 13.1. The summed E-state index contributed by atoms with van der Waals surface area (Å²) < 4.78 is 7.85. The molecule has 0 radical (unpaired) electrons. The van der Waals surface area contributed by atoms with Crippen LogP contribution in [-0.4, -0.2) is 16.2 Å². The molecule has 3 rings (SSSR count). The van der Waals surface area contributed by atoms with Crippen molar-refractivity contribution in [3.8, 4) is 5.75 Å². The van der Waals surface area contributed by atoms with Crippen LogP contribution in [0.1, 0.15) is 11.1 Å². The molecule has 0 unspecified atom stereocenters. The third-order valence-corrected chi connectivity index (χ3v) is 3.68. The van der Waals surface area contributed by atoms with Crippen LogP contribution < -0.4 is 21.7 Å². The van der Waals surface area contributed by atoms with Gasteiger partial charge in [0, 0.05) is 22.5 Å². The van der Waals surface area contributed by atoms with E-state index in [4.69, 9.17) is 10.5 Å². The van der Waals surface area contributed by atoms with Gasteiger partial charge >= 0.3 is 5.69 Å². The number of H-pyrrole nitrogens is 1. The molecule has 7 heteroatoms. The lowest BCUT2D eigenvalue weighted by Crippen LogP contribution is -2.31. The molecule has 0 amide bonds. The van der Waals surface area contributed by atoms with Crippen LogP contribution in [0.5, 0.6) is 5.75 Å². The summed E-state index contributed by atoms with van der Waals surface area (Å²) in [5.74, 6) is 0.927. The Labute approximate surface area is 122 Å². The van der Waals surface area contributed by atoms with Gasteiger partial charge in [-0.25, -0.2) is 4.79 Å². The zero-order chi connectivity index (χ0) is 14.3. The largest absolute Gasteiger partial charge is 0.493 e. The Morgan fingerprint density at radius 3 is 2.90 bits per heavy atom. The quantitative estimate of drug-likeness (QED) is 0.850. The summed E-state index contributed by atoms with van der Waals surface area (Å²) in [6.07, 6.45) is 0.845. The van der Waals surface area contributed by atoms with Gasteiger partial charge in [-0.2, -0.15) is 0 Å². The highest BCUT2D eigenvalue weighted by molar-refractivity contribution is 9.10. The Hall–Kier alpha value is -2.02. The molecule has 104 valence electrons. The number of hydrogen-bond donors (Lipinski definition) is 2. The van der Waals surface area contributed by atoms with Crippen molar-refractivity contribution in [2.75, 3.05) is 12.3 Å². The number of halogens is 1. The van der Waals surface area contributed by atoms with Crippen LogP contribution in [0, 0.1) is 0 Å². The minimum atomic E-state index is -0.526. The first-order chi connectivity index (χ1) is 9.54. The number of aromatic nitrogens is 2. The van der Waals surface area contributed by atoms with Crippen LogP contribution in [0.25, 0.3) is 0 Å². The number of benzene rings is 1.